The van der Waals surface area contributed by atoms with Crippen molar-refractivity contribution in [3.63, 3.8) is 0 Å². The molecule has 2 aromatic carbocycles. The Hall–Kier alpha value is -2.82. The first-order chi connectivity index (χ1) is 13.2. The van der Waals surface area contributed by atoms with Crippen LogP contribution in [0.3, 0.4) is 0 Å². The molecule has 5 nitrogen and oxygen atoms in total. The van der Waals surface area contributed by atoms with Crippen LogP contribution in [0.4, 0.5) is 10.5 Å². The van der Waals surface area contributed by atoms with Crippen molar-refractivity contribution in [2.45, 2.75) is 45.1 Å². The number of para-hydroxylation sites is 2. The second-order valence-electron chi connectivity index (χ2n) is 7.38. The summed E-state index contributed by atoms with van der Waals surface area (Å²) in [7, 11) is 0. The Balaban J connectivity index is 1.47. The Morgan fingerprint density at radius 1 is 1.19 bits per heavy atom. The van der Waals surface area contributed by atoms with Crippen LogP contribution in [-0.4, -0.2) is 33.5 Å². The van der Waals surface area contributed by atoms with Crippen molar-refractivity contribution in [2.24, 2.45) is 0 Å². The van der Waals surface area contributed by atoms with E-state index in [4.69, 9.17) is 0 Å². The van der Waals surface area contributed by atoms with E-state index in [1.165, 1.54) is 12.8 Å². The number of carbonyl (C=O) groups excluding carboxylic acids is 1. The summed E-state index contributed by atoms with van der Waals surface area (Å²) in [5.74, 6) is 0.933. The molecule has 140 valence electrons. The number of fused-ring (bicyclic) bond motifs is 1. The number of aromatic nitrogens is 2. The van der Waals surface area contributed by atoms with E-state index in [-0.39, 0.29) is 6.03 Å². The standard InChI is InChI=1S/C22H26N4O/c1-16-7-6-8-17(15-16)23-22(27)26(18-9-2-3-10-18)14-13-21-24-19-11-4-5-12-20(19)25-21/h4-8,11-12,15,18H,2-3,9-10,13-14H2,1H3,(H,23,27)(H,24,25). The molecule has 0 atom stereocenters. The van der Waals surface area contributed by atoms with E-state index in [1.807, 2.05) is 60.4 Å². The van der Waals surface area contributed by atoms with E-state index in [0.717, 1.165) is 47.4 Å². The number of carbonyl (C=O) groups is 1. The summed E-state index contributed by atoms with van der Waals surface area (Å²) >= 11 is 0. The van der Waals surface area contributed by atoms with Crippen LogP contribution in [0.5, 0.6) is 0 Å². The molecule has 2 amide bonds. The lowest BCUT2D eigenvalue weighted by molar-refractivity contribution is 0.189. The number of aromatic amines is 1. The van der Waals surface area contributed by atoms with Gasteiger partial charge in [-0.1, -0.05) is 37.1 Å². The normalized spacial score (nSPS) is 14.6. The Morgan fingerprint density at radius 3 is 2.78 bits per heavy atom. The average Bonchev–Trinajstić information content (AvgIpc) is 3.31. The van der Waals surface area contributed by atoms with Gasteiger partial charge >= 0.3 is 6.03 Å². The molecule has 3 aromatic rings. The number of hydrogen-bond donors (Lipinski definition) is 2. The first-order valence-electron chi connectivity index (χ1n) is 9.77. The minimum atomic E-state index is -0.0105. The molecule has 0 unspecified atom stereocenters. The highest BCUT2D eigenvalue weighted by Crippen LogP contribution is 2.25. The van der Waals surface area contributed by atoms with Crippen molar-refractivity contribution in [3.8, 4) is 0 Å². The zero-order valence-electron chi connectivity index (χ0n) is 15.7. The molecule has 27 heavy (non-hydrogen) atoms. The van der Waals surface area contributed by atoms with Gasteiger partial charge in [0.2, 0.25) is 0 Å². The Labute approximate surface area is 159 Å². The van der Waals surface area contributed by atoms with Crippen molar-refractivity contribution in [1.29, 1.82) is 0 Å². The van der Waals surface area contributed by atoms with Gasteiger partial charge in [-0.25, -0.2) is 9.78 Å². The number of nitrogens with one attached hydrogen (secondary N) is 2. The fourth-order valence-electron chi connectivity index (χ4n) is 3.93. The van der Waals surface area contributed by atoms with Gasteiger partial charge in [0.1, 0.15) is 5.82 Å². The summed E-state index contributed by atoms with van der Waals surface area (Å²) in [6.45, 7) is 2.70. The molecule has 4 rings (SSSR count). The number of imidazole rings is 1. The summed E-state index contributed by atoms with van der Waals surface area (Å²) in [5, 5.41) is 3.08. The van der Waals surface area contributed by atoms with E-state index in [0.29, 0.717) is 12.6 Å². The third-order valence-corrected chi connectivity index (χ3v) is 5.32. The second kappa shape index (κ2) is 7.82. The lowest BCUT2D eigenvalue weighted by Gasteiger charge is -2.29. The second-order valence-corrected chi connectivity index (χ2v) is 7.38. The molecule has 1 aliphatic rings. The van der Waals surface area contributed by atoms with Crippen molar-refractivity contribution < 1.29 is 4.79 Å². The molecule has 1 aromatic heterocycles. The van der Waals surface area contributed by atoms with Crippen LogP contribution in [-0.2, 0) is 6.42 Å². The summed E-state index contributed by atoms with van der Waals surface area (Å²) in [5.41, 5.74) is 4.02. The molecular formula is C22H26N4O. The van der Waals surface area contributed by atoms with Crippen LogP contribution in [0.2, 0.25) is 0 Å². The molecule has 1 saturated carbocycles. The molecule has 0 radical (unpaired) electrons. The third kappa shape index (κ3) is 4.13. The number of amides is 2. The van der Waals surface area contributed by atoms with Crippen LogP contribution < -0.4 is 5.32 Å². The summed E-state index contributed by atoms with van der Waals surface area (Å²) < 4.78 is 0. The number of urea groups is 1. The molecule has 0 saturated heterocycles. The number of rotatable bonds is 5. The Bertz CT molecular complexity index is 894. The zero-order chi connectivity index (χ0) is 18.6. The largest absolute Gasteiger partial charge is 0.342 e. The number of anilines is 1. The van der Waals surface area contributed by atoms with E-state index < -0.39 is 0 Å². The van der Waals surface area contributed by atoms with Gasteiger partial charge in [-0.3, -0.25) is 0 Å². The molecule has 1 fully saturated rings. The maximum atomic E-state index is 13.0. The maximum Gasteiger partial charge on any atom is 0.322 e. The van der Waals surface area contributed by atoms with Gasteiger partial charge in [-0.05, 0) is 49.6 Å². The number of H-pyrrole nitrogens is 1. The van der Waals surface area contributed by atoms with Crippen molar-refractivity contribution >= 4 is 22.8 Å². The lowest BCUT2D eigenvalue weighted by atomic mass is 10.2. The highest BCUT2D eigenvalue weighted by Gasteiger charge is 2.26. The molecular weight excluding hydrogens is 336 g/mol. The quantitative estimate of drug-likeness (QED) is 0.679. The highest BCUT2D eigenvalue weighted by molar-refractivity contribution is 5.89. The van der Waals surface area contributed by atoms with Gasteiger partial charge in [-0.2, -0.15) is 0 Å². The van der Waals surface area contributed by atoms with Gasteiger partial charge < -0.3 is 15.2 Å². The number of benzene rings is 2. The molecule has 0 spiro atoms. The highest BCUT2D eigenvalue weighted by atomic mass is 16.2. The number of hydrogen-bond acceptors (Lipinski definition) is 2. The predicted octanol–water partition coefficient (Wildman–Crippen LogP) is 4.89. The van der Waals surface area contributed by atoms with Crippen LogP contribution >= 0.6 is 0 Å². The van der Waals surface area contributed by atoms with Crippen LogP contribution in [0, 0.1) is 6.92 Å². The minimum absolute atomic E-state index is 0.0105. The van der Waals surface area contributed by atoms with Gasteiger partial charge in [-0.15, -0.1) is 0 Å². The average molecular weight is 362 g/mol. The molecule has 0 aliphatic heterocycles. The number of aryl methyl sites for hydroxylation is 1. The van der Waals surface area contributed by atoms with Crippen LogP contribution in [0.25, 0.3) is 11.0 Å². The van der Waals surface area contributed by atoms with Crippen LogP contribution in [0.1, 0.15) is 37.1 Å². The fourth-order valence-corrected chi connectivity index (χ4v) is 3.93. The van der Waals surface area contributed by atoms with Crippen molar-refractivity contribution in [2.75, 3.05) is 11.9 Å². The maximum absolute atomic E-state index is 13.0. The topological polar surface area (TPSA) is 61.0 Å². The van der Waals surface area contributed by atoms with Crippen molar-refractivity contribution in [1.82, 2.24) is 14.9 Å². The minimum Gasteiger partial charge on any atom is -0.342 e. The van der Waals surface area contributed by atoms with E-state index in [2.05, 4.69) is 15.3 Å². The first-order valence-corrected chi connectivity index (χ1v) is 9.77. The van der Waals surface area contributed by atoms with E-state index in [1.54, 1.807) is 0 Å². The monoisotopic (exact) mass is 362 g/mol. The van der Waals surface area contributed by atoms with E-state index in [9.17, 15) is 4.79 Å². The molecule has 0 bridgehead atoms. The fraction of sp³-hybridized carbons (Fsp3) is 0.364. The molecule has 5 heteroatoms. The third-order valence-electron chi connectivity index (χ3n) is 5.32. The van der Waals surface area contributed by atoms with Crippen LogP contribution in [0.15, 0.2) is 48.5 Å². The first kappa shape index (κ1) is 17.6. The van der Waals surface area contributed by atoms with Gasteiger partial charge in [0.05, 0.1) is 11.0 Å². The summed E-state index contributed by atoms with van der Waals surface area (Å²) in [6, 6.07) is 16.3. The molecule has 2 N–H and O–H groups in total. The molecule has 1 aliphatic carbocycles. The molecule has 1 heterocycles. The van der Waals surface area contributed by atoms with E-state index >= 15 is 0 Å². The SMILES string of the molecule is Cc1cccc(NC(=O)N(CCc2nc3ccccc3[nH]2)C2CCCC2)c1. The summed E-state index contributed by atoms with van der Waals surface area (Å²) in [6.07, 6.45) is 5.29. The number of nitrogens with zero attached hydrogens (tertiary/aromatic N) is 2. The summed E-state index contributed by atoms with van der Waals surface area (Å²) in [4.78, 5) is 23.0. The van der Waals surface area contributed by atoms with Gasteiger partial charge in [0.15, 0.2) is 0 Å². The predicted molar refractivity (Wildman–Crippen MR) is 109 cm³/mol. The lowest BCUT2D eigenvalue weighted by Crippen LogP contribution is -2.43. The van der Waals surface area contributed by atoms with Crippen molar-refractivity contribution in [3.05, 3.63) is 59.9 Å². The smallest absolute Gasteiger partial charge is 0.322 e. The Kier molecular flexibility index (Phi) is 5.10. The van der Waals surface area contributed by atoms with Gasteiger partial charge in [0, 0.05) is 24.7 Å². The van der Waals surface area contributed by atoms with Gasteiger partial charge in [0.25, 0.3) is 0 Å². The zero-order valence-corrected chi connectivity index (χ0v) is 15.7. The Morgan fingerprint density at radius 2 is 2.00 bits per heavy atom.